The number of hydrogen-bond acceptors (Lipinski definition) is 6. The molecule has 8 heteroatoms. The van der Waals surface area contributed by atoms with Crippen LogP contribution in [0.3, 0.4) is 0 Å². The Labute approximate surface area is 118 Å². The maximum atomic E-state index is 12.1. The molecule has 0 aromatic carbocycles. The number of nitrogens with one attached hydrogen (secondary N) is 2. The molecule has 0 bridgehead atoms. The van der Waals surface area contributed by atoms with Gasteiger partial charge < -0.3 is 5.32 Å². The van der Waals surface area contributed by atoms with E-state index in [9.17, 15) is 8.42 Å². The second-order valence-electron chi connectivity index (χ2n) is 4.60. The molecule has 1 aromatic rings. The minimum atomic E-state index is -3.41. The molecule has 19 heavy (non-hydrogen) atoms. The highest BCUT2D eigenvalue weighted by Crippen LogP contribution is 2.22. The Balaban J connectivity index is 1.89. The van der Waals surface area contributed by atoms with Crippen LogP contribution in [0.25, 0.3) is 0 Å². The molecular weight excluding hydrogens is 284 g/mol. The van der Waals surface area contributed by atoms with E-state index in [4.69, 9.17) is 0 Å². The third-order valence-electron chi connectivity index (χ3n) is 3.03. The Kier molecular flexibility index (Phi) is 4.91. The molecule has 0 unspecified atom stereocenters. The lowest BCUT2D eigenvalue weighted by Crippen LogP contribution is -2.46. The van der Waals surface area contributed by atoms with Crippen LogP contribution in [0.1, 0.15) is 10.7 Å². The quantitative estimate of drug-likeness (QED) is 0.797. The maximum absolute atomic E-state index is 12.1. The second kappa shape index (κ2) is 6.27. The molecule has 1 saturated heterocycles. The van der Waals surface area contributed by atoms with Crippen LogP contribution in [0.5, 0.6) is 0 Å². The smallest absolute Gasteiger partial charge is 0.251 e. The van der Waals surface area contributed by atoms with E-state index in [0.717, 1.165) is 37.7 Å². The fourth-order valence-corrected chi connectivity index (χ4v) is 4.65. The first-order valence-electron chi connectivity index (χ1n) is 6.36. The predicted octanol–water partition coefficient (Wildman–Crippen LogP) is -0.0566. The summed E-state index contributed by atoms with van der Waals surface area (Å²) in [6.07, 6.45) is 0. The van der Waals surface area contributed by atoms with Crippen LogP contribution in [-0.2, 0) is 10.0 Å². The summed E-state index contributed by atoms with van der Waals surface area (Å²) in [6, 6.07) is 0. The van der Waals surface area contributed by atoms with Crippen LogP contribution in [0, 0.1) is 13.8 Å². The van der Waals surface area contributed by atoms with Crippen LogP contribution < -0.4 is 10.0 Å². The first-order chi connectivity index (χ1) is 8.99. The molecule has 0 radical (unpaired) electrons. The molecule has 0 spiro atoms. The van der Waals surface area contributed by atoms with Crippen molar-refractivity contribution < 1.29 is 8.42 Å². The molecule has 1 aliphatic heterocycles. The second-order valence-corrected chi connectivity index (χ2v) is 7.76. The molecule has 2 N–H and O–H groups in total. The van der Waals surface area contributed by atoms with Crippen LogP contribution in [0.4, 0.5) is 0 Å². The molecule has 1 fully saturated rings. The zero-order chi connectivity index (χ0) is 13.9. The lowest BCUT2D eigenvalue weighted by molar-refractivity contribution is 0.245. The summed E-state index contributed by atoms with van der Waals surface area (Å²) in [4.78, 5) is 6.41. The van der Waals surface area contributed by atoms with Gasteiger partial charge in [-0.25, -0.2) is 18.1 Å². The van der Waals surface area contributed by atoms with Gasteiger partial charge >= 0.3 is 0 Å². The Morgan fingerprint density at radius 2 is 2.05 bits per heavy atom. The van der Waals surface area contributed by atoms with E-state index in [2.05, 4.69) is 19.9 Å². The number of nitrogens with zero attached hydrogens (tertiary/aromatic N) is 2. The molecule has 2 heterocycles. The minimum Gasteiger partial charge on any atom is -0.314 e. The van der Waals surface area contributed by atoms with Gasteiger partial charge in [-0.15, -0.1) is 11.3 Å². The zero-order valence-corrected chi connectivity index (χ0v) is 12.9. The van der Waals surface area contributed by atoms with Gasteiger partial charge in [-0.3, -0.25) is 4.90 Å². The highest BCUT2D eigenvalue weighted by molar-refractivity contribution is 7.91. The number of piperazine rings is 1. The molecule has 0 saturated carbocycles. The van der Waals surface area contributed by atoms with Gasteiger partial charge in [0.05, 0.1) is 10.7 Å². The molecular formula is C11H20N4O2S2. The molecule has 6 nitrogen and oxygen atoms in total. The summed E-state index contributed by atoms with van der Waals surface area (Å²) < 4.78 is 27.3. The molecule has 2 rings (SSSR count). The largest absolute Gasteiger partial charge is 0.314 e. The number of hydrogen-bond donors (Lipinski definition) is 2. The summed E-state index contributed by atoms with van der Waals surface area (Å²) >= 11 is 1.22. The standard InChI is InChI=1S/C11H20N4O2S2/c1-9-11(18-10(2)14-9)19(16,17)13-5-8-15-6-3-12-4-7-15/h12-13H,3-8H2,1-2H3. The van der Waals surface area contributed by atoms with E-state index in [1.165, 1.54) is 11.3 Å². The summed E-state index contributed by atoms with van der Waals surface area (Å²) in [5.41, 5.74) is 0.581. The normalized spacial score (nSPS) is 17.8. The van der Waals surface area contributed by atoms with Crippen molar-refractivity contribution in [3.05, 3.63) is 10.7 Å². The van der Waals surface area contributed by atoms with Crippen molar-refractivity contribution in [3.63, 3.8) is 0 Å². The van der Waals surface area contributed by atoms with Crippen molar-refractivity contribution in [1.29, 1.82) is 0 Å². The van der Waals surface area contributed by atoms with Crippen molar-refractivity contribution in [3.8, 4) is 0 Å². The van der Waals surface area contributed by atoms with E-state index in [1.807, 2.05) is 6.92 Å². The SMILES string of the molecule is Cc1nc(C)c(S(=O)(=O)NCCN2CCNCC2)s1. The van der Waals surface area contributed by atoms with Crippen molar-refractivity contribution in [1.82, 2.24) is 19.9 Å². The summed E-state index contributed by atoms with van der Waals surface area (Å²) in [6.45, 7) is 8.63. The van der Waals surface area contributed by atoms with Gasteiger partial charge in [0, 0.05) is 39.3 Å². The highest BCUT2D eigenvalue weighted by atomic mass is 32.2. The highest BCUT2D eigenvalue weighted by Gasteiger charge is 2.20. The van der Waals surface area contributed by atoms with Crippen LogP contribution in [-0.4, -0.2) is 57.6 Å². The average molecular weight is 304 g/mol. The van der Waals surface area contributed by atoms with Gasteiger partial charge in [0.15, 0.2) is 4.21 Å². The minimum absolute atomic E-state index is 0.338. The van der Waals surface area contributed by atoms with E-state index in [0.29, 0.717) is 16.4 Å². The number of aromatic nitrogens is 1. The van der Waals surface area contributed by atoms with Gasteiger partial charge in [-0.1, -0.05) is 0 Å². The van der Waals surface area contributed by atoms with E-state index in [-0.39, 0.29) is 0 Å². The van der Waals surface area contributed by atoms with Crippen molar-refractivity contribution in [2.45, 2.75) is 18.1 Å². The van der Waals surface area contributed by atoms with E-state index < -0.39 is 10.0 Å². The Hall–Kier alpha value is -0.540. The summed E-state index contributed by atoms with van der Waals surface area (Å²) in [7, 11) is -3.41. The lowest BCUT2D eigenvalue weighted by Gasteiger charge is -2.26. The van der Waals surface area contributed by atoms with E-state index in [1.54, 1.807) is 6.92 Å². The molecule has 108 valence electrons. The number of thiazole rings is 1. The number of aryl methyl sites for hydroxylation is 2. The summed E-state index contributed by atoms with van der Waals surface area (Å²) in [5, 5.41) is 4.05. The van der Waals surface area contributed by atoms with Crippen LogP contribution >= 0.6 is 11.3 Å². The van der Waals surface area contributed by atoms with Crippen molar-refractivity contribution >= 4 is 21.4 Å². The van der Waals surface area contributed by atoms with Gasteiger partial charge in [0.1, 0.15) is 0 Å². The van der Waals surface area contributed by atoms with Crippen molar-refractivity contribution in [2.75, 3.05) is 39.3 Å². The zero-order valence-electron chi connectivity index (χ0n) is 11.3. The molecule has 0 amide bonds. The third-order valence-corrected chi connectivity index (χ3v) is 6.18. The fourth-order valence-electron chi connectivity index (χ4n) is 2.10. The summed E-state index contributed by atoms with van der Waals surface area (Å²) in [5.74, 6) is 0. The number of rotatable bonds is 5. The average Bonchev–Trinajstić information content (AvgIpc) is 2.70. The first-order valence-corrected chi connectivity index (χ1v) is 8.66. The Bertz CT molecular complexity index is 521. The van der Waals surface area contributed by atoms with Gasteiger partial charge in [-0.05, 0) is 13.8 Å². The topological polar surface area (TPSA) is 74.3 Å². The van der Waals surface area contributed by atoms with E-state index >= 15 is 0 Å². The first kappa shape index (κ1) is 14.9. The third kappa shape index (κ3) is 3.96. The molecule has 0 atom stereocenters. The molecule has 0 aliphatic carbocycles. The van der Waals surface area contributed by atoms with Crippen LogP contribution in [0.15, 0.2) is 4.21 Å². The predicted molar refractivity (Wildman–Crippen MR) is 76.1 cm³/mol. The monoisotopic (exact) mass is 304 g/mol. The lowest BCUT2D eigenvalue weighted by atomic mass is 10.3. The Morgan fingerprint density at radius 3 is 2.63 bits per heavy atom. The van der Waals surface area contributed by atoms with Crippen LogP contribution in [0.2, 0.25) is 0 Å². The van der Waals surface area contributed by atoms with Crippen molar-refractivity contribution in [2.24, 2.45) is 0 Å². The van der Waals surface area contributed by atoms with Gasteiger partial charge in [0.2, 0.25) is 0 Å². The Morgan fingerprint density at radius 1 is 1.37 bits per heavy atom. The molecule has 1 aliphatic rings. The molecule has 1 aromatic heterocycles. The van der Waals surface area contributed by atoms with Gasteiger partial charge in [0.25, 0.3) is 10.0 Å². The van der Waals surface area contributed by atoms with Gasteiger partial charge in [-0.2, -0.15) is 0 Å². The number of sulfonamides is 1. The fraction of sp³-hybridized carbons (Fsp3) is 0.727. The maximum Gasteiger partial charge on any atom is 0.251 e.